The molecule has 2 heterocycles. The molecule has 6 nitrogen and oxygen atoms in total. The number of alkyl halides is 3. The lowest BCUT2D eigenvalue weighted by atomic mass is 10.2. The summed E-state index contributed by atoms with van der Waals surface area (Å²) in [7, 11) is -0.987. The van der Waals surface area contributed by atoms with Gasteiger partial charge in [0.1, 0.15) is 0 Å². The number of nitrogens with zero attached hydrogens (tertiary/aromatic N) is 4. The van der Waals surface area contributed by atoms with Gasteiger partial charge >= 0.3 is 6.18 Å². The Morgan fingerprint density at radius 3 is 2.71 bits per heavy atom. The van der Waals surface area contributed by atoms with E-state index in [0.29, 0.717) is 16.0 Å². The highest BCUT2D eigenvalue weighted by Gasteiger charge is 2.37. The van der Waals surface area contributed by atoms with Gasteiger partial charge in [0, 0.05) is 28.5 Å². The van der Waals surface area contributed by atoms with E-state index in [4.69, 9.17) is 0 Å². The third-order valence-corrected chi connectivity index (χ3v) is 3.83. The third kappa shape index (κ3) is 3.53. The van der Waals surface area contributed by atoms with Crippen LogP contribution < -0.4 is 5.32 Å². The summed E-state index contributed by atoms with van der Waals surface area (Å²) in [6.45, 7) is 0. The molecule has 1 unspecified atom stereocenters. The smallest absolute Gasteiger partial charge is 0.339 e. The second-order valence-electron chi connectivity index (χ2n) is 5.05. The predicted molar refractivity (Wildman–Crippen MR) is 83.3 cm³/mol. The summed E-state index contributed by atoms with van der Waals surface area (Å²) in [6, 6.07) is 10.00. The van der Waals surface area contributed by atoms with Crippen molar-refractivity contribution in [2.24, 2.45) is 0 Å². The molecular formula is C14H12F3N5OS. The number of hydrogen-bond acceptors (Lipinski definition) is 5. The van der Waals surface area contributed by atoms with Crippen molar-refractivity contribution in [1.82, 2.24) is 19.8 Å². The fraction of sp³-hybridized carbons (Fsp3) is 0.214. The minimum absolute atomic E-state index is 0.00278. The first kappa shape index (κ1) is 16.4. The van der Waals surface area contributed by atoms with Crippen LogP contribution in [-0.4, -0.2) is 30.3 Å². The highest BCUT2D eigenvalue weighted by molar-refractivity contribution is 7.83. The van der Waals surface area contributed by atoms with E-state index in [2.05, 4.69) is 20.6 Å². The van der Waals surface area contributed by atoms with Gasteiger partial charge in [-0.2, -0.15) is 17.7 Å². The van der Waals surface area contributed by atoms with Gasteiger partial charge in [0.25, 0.3) is 5.82 Å². The Kier molecular flexibility index (Phi) is 4.22. The molecule has 1 N–H and O–H groups in total. The molecule has 0 bridgehead atoms. The summed E-state index contributed by atoms with van der Waals surface area (Å²) >= 11 is 0. The fourth-order valence-electron chi connectivity index (χ4n) is 2.15. The average molecular weight is 355 g/mol. The molecule has 3 rings (SSSR count). The lowest BCUT2D eigenvalue weighted by Gasteiger charge is -2.08. The molecule has 3 aromatic rings. The van der Waals surface area contributed by atoms with E-state index in [1.165, 1.54) is 12.1 Å². The lowest BCUT2D eigenvalue weighted by Crippen LogP contribution is -2.13. The molecule has 10 heteroatoms. The third-order valence-electron chi connectivity index (χ3n) is 3.09. The van der Waals surface area contributed by atoms with Crippen LogP contribution in [0.1, 0.15) is 11.4 Å². The highest BCUT2D eigenvalue weighted by atomic mass is 32.2. The zero-order chi connectivity index (χ0) is 17.3. The molecule has 1 aromatic carbocycles. The van der Waals surface area contributed by atoms with Crippen molar-refractivity contribution in [3.8, 4) is 0 Å². The summed E-state index contributed by atoms with van der Waals surface area (Å²) in [4.78, 5) is 0. The normalized spacial score (nSPS) is 13.2. The quantitative estimate of drug-likeness (QED) is 0.779. The summed E-state index contributed by atoms with van der Waals surface area (Å²) in [5.41, 5.74) is 1.48. The molecular weight excluding hydrogens is 343 g/mol. The number of halogens is 3. The van der Waals surface area contributed by atoms with Gasteiger partial charge in [-0.3, -0.25) is 4.21 Å². The van der Waals surface area contributed by atoms with Crippen molar-refractivity contribution >= 4 is 28.0 Å². The van der Waals surface area contributed by atoms with Crippen LogP contribution in [-0.2, 0) is 22.7 Å². The number of anilines is 2. The van der Waals surface area contributed by atoms with Gasteiger partial charge < -0.3 is 5.32 Å². The van der Waals surface area contributed by atoms with E-state index in [-0.39, 0.29) is 11.5 Å². The molecule has 0 fully saturated rings. The van der Waals surface area contributed by atoms with Crippen LogP contribution in [0.4, 0.5) is 24.7 Å². The van der Waals surface area contributed by atoms with E-state index < -0.39 is 22.8 Å². The Balaban J connectivity index is 1.92. The van der Waals surface area contributed by atoms with Crippen LogP contribution >= 0.6 is 0 Å². The molecule has 1 atom stereocenters. The van der Waals surface area contributed by atoms with Crippen LogP contribution in [0.2, 0.25) is 0 Å². The largest absolute Gasteiger partial charge is 0.453 e. The maximum Gasteiger partial charge on any atom is 0.453 e. The van der Waals surface area contributed by atoms with E-state index in [0.717, 1.165) is 5.56 Å². The van der Waals surface area contributed by atoms with Crippen molar-refractivity contribution in [3.05, 3.63) is 47.8 Å². The Morgan fingerprint density at radius 1 is 1.21 bits per heavy atom. The topological polar surface area (TPSA) is 72.2 Å². The fourth-order valence-corrected chi connectivity index (χ4v) is 2.80. The molecule has 0 amide bonds. The molecule has 0 saturated carbocycles. The van der Waals surface area contributed by atoms with Crippen LogP contribution in [0, 0.1) is 0 Å². The SMILES string of the molecule is CS(=O)Cc1cccc(Nc2ccc3nnc(C(F)(F)F)n3n2)c1. The minimum Gasteiger partial charge on any atom is -0.339 e. The first-order valence-corrected chi connectivity index (χ1v) is 8.51. The first-order valence-electron chi connectivity index (χ1n) is 6.78. The van der Waals surface area contributed by atoms with Crippen molar-refractivity contribution in [1.29, 1.82) is 0 Å². The molecule has 24 heavy (non-hydrogen) atoms. The number of aromatic nitrogens is 4. The summed E-state index contributed by atoms with van der Waals surface area (Å²) in [5, 5.41) is 13.4. The molecule has 126 valence electrons. The molecule has 0 aliphatic rings. The predicted octanol–water partition coefficient (Wildman–Crippen LogP) is 2.77. The van der Waals surface area contributed by atoms with Crippen LogP contribution in [0.25, 0.3) is 5.65 Å². The van der Waals surface area contributed by atoms with Crippen molar-refractivity contribution in [2.75, 3.05) is 11.6 Å². The lowest BCUT2D eigenvalue weighted by molar-refractivity contribution is -0.146. The number of benzene rings is 1. The van der Waals surface area contributed by atoms with Gasteiger partial charge in [-0.15, -0.1) is 15.3 Å². The number of nitrogens with one attached hydrogen (secondary N) is 1. The van der Waals surface area contributed by atoms with E-state index in [1.54, 1.807) is 24.5 Å². The monoisotopic (exact) mass is 355 g/mol. The maximum atomic E-state index is 12.9. The van der Waals surface area contributed by atoms with E-state index in [9.17, 15) is 17.4 Å². The van der Waals surface area contributed by atoms with Gasteiger partial charge in [0.15, 0.2) is 11.5 Å². The molecule has 0 spiro atoms. The zero-order valence-electron chi connectivity index (χ0n) is 12.4. The first-order chi connectivity index (χ1) is 11.3. The van der Waals surface area contributed by atoms with Gasteiger partial charge in [0.05, 0.1) is 0 Å². The highest BCUT2D eigenvalue weighted by Crippen LogP contribution is 2.28. The maximum absolute atomic E-state index is 12.9. The second kappa shape index (κ2) is 6.19. The summed E-state index contributed by atoms with van der Waals surface area (Å²) < 4.78 is 50.5. The molecule has 2 aromatic heterocycles. The average Bonchev–Trinajstić information content (AvgIpc) is 2.90. The van der Waals surface area contributed by atoms with Gasteiger partial charge in [0.2, 0.25) is 0 Å². The van der Waals surface area contributed by atoms with Crippen molar-refractivity contribution in [3.63, 3.8) is 0 Å². The Hall–Kier alpha value is -2.49. The minimum atomic E-state index is -4.64. The number of hydrogen-bond donors (Lipinski definition) is 1. The molecule has 0 saturated heterocycles. The van der Waals surface area contributed by atoms with E-state index >= 15 is 0 Å². The molecule has 0 aliphatic heterocycles. The van der Waals surface area contributed by atoms with Crippen LogP contribution in [0.5, 0.6) is 0 Å². The Bertz CT molecular complexity index is 909. The van der Waals surface area contributed by atoms with Crippen molar-refractivity contribution < 1.29 is 17.4 Å². The summed E-state index contributed by atoms with van der Waals surface area (Å²) in [6.07, 6.45) is -3.05. The van der Waals surface area contributed by atoms with Crippen LogP contribution in [0.15, 0.2) is 36.4 Å². The van der Waals surface area contributed by atoms with Crippen molar-refractivity contribution in [2.45, 2.75) is 11.9 Å². The standard InChI is InChI=1S/C14H12F3N5OS/c1-24(23)8-9-3-2-4-10(7-9)18-11-5-6-12-19-20-13(14(15,16)17)22(12)21-11/h2-7H,8H2,1H3,(H,18,21). The number of rotatable bonds is 4. The summed E-state index contributed by atoms with van der Waals surface area (Å²) in [5.74, 6) is -0.579. The van der Waals surface area contributed by atoms with E-state index in [1.807, 2.05) is 6.07 Å². The number of fused-ring (bicyclic) bond motifs is 1. The molecule has 0 aliphatic carbocycles. The second-order valence-corrected chi connectivity index (χ2v) is 6.49. The Labute approximate surface area is 137 Å². The zero-order valence-corrected chi connectivity index (χ0v) is 13.2. The van der Waals surface area contributed by atoms with Gasteiger partial charge in [-0.05, 0) is 29.8 Å². The van der Waals surface area contributed by atoms with Crippen LogP contribution in [0.3, 0.4) is 0 Å². The Morgan fingerprint density at radius 2 is 2.00 bits per heavy atom. The molecule has 0 radical (unpaired) electrons. The van der Waals surface area contributed by atoms with Gasteiger partial charge in [-0.1, -0.05) is 12.1 Å². The van der Waals surface area contributed by atoms with Gasteiger partial charge in [-0.25, -0.2) is 0 Å².